The summed E-state index contributed by atoms with van der Waals surface area (Å²) in [4.78, 5) is 15.3. The van der Waals surface area contributed by atoms with E-state index in [2.05, 4.69) is 19.2 Å². The third-order valence-corrected chi connectivity index (χ3v) is 5.99. The van der Waals surface area contributed by atoms with Gasteiger partial charge in [0.1, 0.15) is 17.2 Å². The number of carbonyl (C=O) groups is 1. The SMILES string of the molecule is COc1cc(O)c(C(CC(=O)N2C[C@@H](C)N[C@@H](C)C2)c2ccc3c(c2)OCO3)c(OC)c1. The number of hydrogen-bond acceptors (Lipinski definition) is 7. The Bertz CT molecular complexity index is 985. The number of phenolic OH excluding ortho intramolecular Hbond substituents is 1. The lowest BCUT2D eigenvalue weighted by atomic mass is 9.86. The first-order valence-electron chi connectivity index (χ1n) is 10.8. The molecule has 8 heteroatoms. The highest BCUT2D eigenvalue weighted by molar-refractivity contribution is 5.79. The van der Waals surface area contributed by atoms with Crippen molar-refractivity contribution in [1.29, 1.82) is 0 Å². The van der Waals surface area contributed by atoms with E-state index in [1.807, 2.05) is 23.1 Å². The summed E-state index contributed by atoms with van der Waals surface area (Å²) in [6.07, 6.45) is 0.176. The van der Waals surface area contributed by atoms with Crippen LogP contribution in [0.25, 0.3) is 0 Å². The predicted octanol–water partition coefficient (Wildman–Crippen LogP) is 2.87. The molecule has 0 radical (unpaired) electrons. The van der Waals surface area contributed by atoms with Crippen molar-refractivity contribution in [3.8, 4) is 28.7 Å². The fourth-order valence-electron chi connectivity index (χ4n) is 4.57. The summed E-state index contributed by atoms with van der Waals surface area (Å²) in [5.74, 6) is 1.80. The zero-order chi connectivity index (χ0) is 22.8. The molecular formula is C24H30N2O6. The Morgan fingerprint density at radius 1 is 1.12 bits per heavy atom. The number of aromatic hydroxyl groups is 1. The van der Waals surface area contributed by atoms with E-state index in [9.17, 15) is 9.90 Å². The molecule has 32 heavy (non-hydrogen) atoms. The van der Waals surface area contributed by atoms with Crippen LogP contribution in [-0.4, -0.2) is 62.1 Å². The van der Waals surface area contributed by atoms with Crippen LogP contribution in [0, 0.1) is 0 Å². The molecule has 4 rings (SSSR count). The average Bonchev–Trinajstić information content (AvgIpc) is 3.24. The second-order valence-electron chi connectivity index (χ2n) is 8.40. The zero-order valence-corrected chi connectivity index (χ0v) is 18.9. The van der Waals surface area contributed by atoms with Crippen LogP contribution in [0.15, 0.2) is 30.3 Å². The number of nitrogens with one attached hydrogen (secondary N) is 1. The van der Waals surface area contributed by atoms with Crippen molar-refractivity contribution >= 4 is 5.91 Å². The molecule has 172 valence electrons. The number of rotatable bonds is 6. The van der Waals surface area contributed by atoms with E-state index in [4.69, 9.17) is 18.9 Å². The molecule has 2 N–H and O–H groups in total. The number of amides is 1. The van der Waals surface area contributed by atoms with Crippen molar-refractivity contribution in [3.63, 3.8) is 0 Å². The first kappa shape index (κ1) is 22.1. The zero-order valence-electron chi connectivity index (χ0n) is 18.9. The number of piperazine rings is 1. The van der Waals surface area contributed by atoms with Gasteiger partial charge in [-0.25, -0.2) is 0 Å². The molecule has 1 fully saturated rings. The lowest BCUT2D eigenvalue weighted by molar-refractivity contribution is -0.133. The van der Waals surface area contributed by atoms with Crippen LogP contribution < -0.4 is 24.3 Å². The average molecular weight is 443 g/mol. The molecule has 2 aliphatic rings. The van der Waals surface area contributed by atoms with Crippen molar-refractivity contribution in [2.45, 2.75) is 38.3 Å². The molecule has 0 aromatic heterocycles. The van der Waals surface area contributed by atoms with E-state index in [1.54, 1.807) is 6.07 Å². The summed E-state index contributed by atoms with van der Waals surface area (Å²) in [5, 5.41) is 14.4. The van der Waals surface area contributed by atoms with Crippen molar-refractivity contribution in [2.24, 2.45) is 0 Å². The maximum atomic E-state index is 13.4. The normalized spacial score (nSPS) is 20.7. The first-order chi connectivity index (χ1) is 15.4. The van der Waals surface area contributed by atoms with E-state index < -0.39 is 5.92 Å². The summed E-state index contributed by atoms with van der Waals surface area (Å²) >= 11 is 0. The first-order valence-corrected chi connectivity index (χ1v) is 10.8. The van der Waals surface area contributed by atoms with Crippen molar-refractivity contribution < 1.29 is 28.8 Å². The maximum Gasteiger partial charge on any atom is 0.231 e. The monoisotopic (exact) mass is 442 g/mol. The van der Waals surface area contributed by atoms with Gasteiger partial charge in [0, 0.05) is 55.2 Å². The minimum absolute atomic E-state index is 0.0127. The van der Waals surface area contributed by atoms with E-state index >= 15 is 0 Å². The Hall–Kier alpha value is -3.13. The molecule has 2 aromatic carbocycles. The number of hydrogen-bond donors (Lipinski definition) is 2. The van der Waals surface area contributed by atoms with Crippen LogP contribution >= 0.6 is 0 Å². The Morgan fingerprint density at radius 3 is 2.53 bits per heavy atom. The molecule has 2 aliphatic heterocycles. The molecule has 1 saturated heterocycles. The summed E-state index contributed by atoms with van der Waals surface area (Å²) < 4.78 is 21.9. The number of ether oxygens (including phenoxy) is 4. The smallest absolute Gasteiger partial charge is 0.231 e. The highest BCUT2D eigenvalue weighted by atomic mass is 16.7. The fourth-order valence-corrected chi connectivity index (χ4v) is 4.57. The van der Waals surface area contributed by atoms with Gasteiger partial charge in [-0.15, -0.1) is 0 Å². The number of carbonyl (C=O) groups excluding carboxylic acids is 1. The van der Waals surface area contributed by atoms with Gasteiger partial charge >= 0.3 is 0 Å². The molecule has 0 spiro atoms. The molecule has 0 bridgehead atoms. The standard InChI is InChI=1S/C24H30N2O6/c1-14-11-26(12-15(2)25-14)23(28)10-18(16-5-6-20-21(7-16)32-13-31-20)24-19(27)8-17(29-3)9-22(24)30-4/h5-9,14-15,18,25,27H,10-13H2,1-4H3/t14-,15+,18?. The highest BCUT2D eigenvalue weighted by Crippen LogP contribution is 2.45. The second kappa shape index (κ2) is 9.16. The van der Waals surface area contributed by atoms with Gasteiger partial charge in [-0.05, 0) is 31.5 Å². The minimum Gasteiger partial charge on any atom is -0.507 e. The van der Waals surface area contributed by atoms with Crippen molar-refractivity contribution in [1.82, 2.24) is 10.2 Å². The van der Waals surface area contributed by atoms with Gasteiger partial charge in [0.25, 0.3) is 0 Å². The van der Waals surface area contributed by atoms with Crippen LogP contribution in [0.2, 0.25) is 0 Å². The van der Waals surface area contributed by atoms with E-state index in [0.29, 0.717) is 41.7 Å². The third-order valence-electron chi connectivity index (χ3n) is 5.99. The van der Waals surface area contributed by atoms with Gasteiger partial charge in [-0.1, -0.05) is 6.07 Å². The second-order valence-corrected chi connectivity index (χ2v) is 8.40. The molecule has 2 heterocycles. The summed E-state index contributed by atoms with van der Waals surface area (Å²) in [7, 11) is 3.06. The topological polar surface area (TPSA) is 89.5 Å². The Labute approximate surface area is 188 Å². The maximum absolute atomic E-state index is 13.4. The number of methoxy groups -OCH3 is 2. The fraction of sp³-hybridized carbons (Fsp3) is 0.458. The van der Waals surface area contributed by atoms with Crippen LogP contribution in [0.4, 0.5) is 0 Å². The summed E-state index contributed by atoms with van der Waals surface area (Å²) in [5.41, 5.74) is 1.37. The van der Waals surface area contributed by atoms with Crippen LogP contribution in [0.5, 0.6) is 28.7 Å². The number of phenols is 1. The van der Waals surface area contributed by atoms with Crippen LogP contribution in [0.3, 0.4) is 0 Å². The molecule has 1 amide bonds. The molecule has 3 atom stereocenters. The lowest BCUT2D eigenvalue weighted by Gasteiger charge is -2.37. The van der Waals surface area contributed by atoms with E-state index in [-0.39, 0.29) is 37.0 Å². The molecule has 0 aliphatic carbocycles. The van der Waals surface area contributed by atoms with Gasteiger partial charge in [0.2, 0.25) is 12.7 Å². The number of fused-ring (bicyclic) bond motifs is 1. The minimum atomic E-state index is -0.446. The van der Waals surface area contributed by atoms with E-state index in [1.165, 1.54) is 20.3 Å². The Balaban J connectivity index is 1.73. The van der Waals surface area contributed by atoms with Crippen LogP contribution in [0.1, 0.15) is 37.3 Å². The lowest BCUT2D eigenvalue weighted by Crippen LogP contribution is -2.56. The number of nitrogens with zero attached hydrogens (tertiary/aromatic N) is 1. The van der Waals surface area contributed by atoms with Gasteiger partial charge in [0.05, 0.1) is 14.2 Å². The van der Waals surface area contributed by atoms with Crippen molar-refractivity contribution in [2.75, 3.05) is 34.1 Å². The molecule has 1 unspecified atom stereocenters. The molecular weight excluding hydrogens is 412 g/mol. The predicted molar refractivity (Wildman–Crippen MR) is 119 cm³/mol. The number of benzene rings is 2. The molecule has 8 nitrogen and oxygen atoms in total. The summed E-state index contributed by atoms with van der Waals surface area (Å²) in [6.45, 7) is 5.59. The van der Waals surface area contributed by atoms with Gasteiger partial charge in [-0.3, -0.25) is 4.79 Å². The molecule has 0 saturated carbocycles. The summed E-state index contributed by atoms with van der Waals surface area (Å²) in [6, 6.07) is 9.29. The van der Waals surface area contributed by atoms with Gasteiger partial charge in [-0.2, -0.15) is 0 Å². The Kier molecular flexibility index (Phi) is 6.32. The van der Waals surface area contributed by atoms with Crippen molar-refractivity contribution in [3.05, 3.63) is 41.5 Å². The van der Waals surface area contributed by atoms with E-state index in [0.717, 1.165) is 5.56 Å². The highest BCUT2D eigenvalue weighted by Gasteiger charge is 2.31. The van der Waals surface area contributed by atoms with Gasteiger partial charge < -0.3 is 34.3 Å². The van der Waals surface area contributed by atoms with Gasteiger partial charge in [0.15, 0.2) is 11.5 Å². The Morgan fingerprint density at radius 2 is 1.84 bits per heavy atom. The molecule has 2 aromatic rings. The largest absolute Gasteiger partial charge is 0.507 e. The quantitative estimate of drug-likeness (QED) is 0.711. The third kappa shape index (κ3) is 4.41. The van der Waals surface area contributed by atoms with Crippen LogP contribution in [-0.2, 0) is 4.79 Å².